The summed E-state index contributed by atoms with van der Waals surface area (Å²) >= 11 is 7.52. The van der Waals surface area contributed by atoms with Gasteiger partial charge in [-0.15, -0.1) is 0 Å². The van der Waals surface area contributed by atoms with E-state index in [1.54, 1.807) is 30.0 Å². The molecule has 1 saturated heterocycles. The second-order valence-electron chi connectivity index (χ2n) is 15.2. The highest BCUT2D eigenvalue weighted by atomic mass is 35.5. The van der Waals surface area contributed by atoms with Gasteiger partial charge in [0.2, 0.25) is 21.8 Å². The second-order valence-corrected chi connectivity index (χ2v) is 18.8. The molecule has 9 nitrogen and oxygen atoms in total. The van der Waals surface area contributed by atoms with Crippen LogP contribution in [0.2, 0.25) is 5.02 Å². The number of rotatable bonds is 7. The molecule has 3 aromatic rings. The van der Waals surface area contributed by atoms with Crippen LogP contribution >= 0.6 is 22.9 Å². The number of hydrogen-bond acceptors (Lipinski definition) is 8. The van der Waals surface area contributed by atoms with Crippen LogP contribution in [-0.4, -0.2) is 59.3 Å². The van der Waals surface area contributed by atoms with Crippen molar-refractivity contribution in [3.8, 4) is 5.19 Å². The minimum absolute atomic E-state index is 0.139. The fourth-order valence-electron chi connectivity index (χ4n) is 7.70. The molecule has 5 atom stereocenters. The van der Waals surface area contributed by atoms with Crippen molar-refractivity contribution in [1.82, 2.24) is 14.6 Å². The number of hydrogen-bond donors (Lipinski definition) is 1. The van der Waals surface area contributed by atoms with E-state index in [0.717, 1.165) is 47.0 Å². The summed E-state index contributed by atoms with van der Waals surface area (Å²) in [6.07, 6.45) is 8.93. The van der Waals surface area contributed by atoms with Gasteiger partial charge in [-0.1, -0.05) is 54.0 Å². The van der Waals surface area contributed by atoms with Crippen LogP contribution in [0.25, 0.3) is 10.2 Å². The van der Waals surface area contributed by atoms with Crippen LogP contribution < -0.4 is 9.46 Å². The van der Waals surface area contributed by atoms with E-state index in [4.69, 9.17) is 16.3 Å². The first-order valence-electron chi connectivity index (χ1n) is 17.8. The van der Waals surface area contributed by atoms with Crippen molar-refractivity contribution in [2.24, 2.45) is 17.3 Å². The van der Waals surface area contributed by atoms with E-state index in [-0.39, 0.29) is 42.8 Å². The number of thiazole rings is 1. The minimum atomic E-state index is -3.92. The summed E-state index contributed by atoms with van der Waals surface area (Å²) in [7, 11) is -3.92. The molecule has 2 aromatic carbocycles. The topological polar surface area (TPSA) is 123 Å². The summed E-state index contributed by atoms with van der Waals surface area (Å²) < 4.78 is 49.2. The minimum Gasteiger partial charge on any atom is -0.465 e. The Hall–Kier alpha value is -3.35. The van der Waals surface area contributed by atoms with Crippen molar-refractivity contribution in [3.63, 3.8) is 0 Å². The average Bonchev–Trinajstić information content (AvgIpc) is 3.87. The molecule has 2 saturated carbocycles. The van der Waals surface area contributed by atoms with Crippen LogP contribution in [-0.2, 0) is 30.8 Å². The highest BCUT2D eigenvalue weighted by Crippen LogP contribution is 2.57. The van der Waals surface area contributed by atoms with Crippen molar-refractivity contribution < 1.29 is 31.9 Å². The van der Waals surface area contributed by atoms with Crippen LogP contribution in [0, 0.1) is 30.0 Å². The molecule has 0 radical (unpaired) electrons. The maximum atomic E-state index is 14.6. The summed E-state index contributed by atoms with van der Waals surface area (Å²) in [5.41, 5.74) is 0.990. The zero-order valence-electron chi connectivity index (χ0n) is 28.8. The van der Waals surface area contributed by atoms with Crippen molar-refractivity contribution >= 4 is 60.8 Å². The van der Waals surface area contributed by atoms with E-state index in [9.17, 15) is 27.2 Å². The monoisotopic (exact) mass is 755 g/mol. The molecule has 3 fully saturated rings. The number of halogens is 2. The van der Waals surface area contributed by atoms with Gasteiger partial charge in [-0.25, -0.2) is 17.8 Å². The van der Waals surface area contributed by atoms with E-state index in [1.165, 1.54) is 23.5 Å². The lowest BCUT2D eigenvalue weighted by Gasteiger charge is -2.29. The predicted octanol–water partition coefficient (Wildman–Crippen LogP) is 7.09. The lowest BCUT2D eigenvalue weighted by Crippen LogP contribution is -2.47. The number of nitrogens with zero attached hydrogens (tertiary/aromatic N) is 2. The van der Waals surface area contributed by atoms with Crippen molar-refractivity contribution in [1.29, 1.82) is 0 Å². The summed E-state index contributed by atoms with van der Waals surface area (Å²) in [4.78, 5) is 49.1. The summed E-state index contributed by atoms with van der Waals surface area (Å²) in [5, 5.41) is 0.971. The van der Waals surface area contributed by atoms with Crippen LogP contribution in [0.5, 0.6) is 5.19 Å². The Labute approximate surface area is 307 Å². The van der Waals surface area contributed by atoms with E-state index in [0.29, 0.717) is 42.3 Å². The normalized spacial score (nSPS) is 28.7. The number of ether oxygens (including phenoxy) is 1. The standard InChI is InChI=1S/C38H43ClFN3O6S2/c1-23-14-24(17-28(40)15-23)16-25-8-6-4-3-5-7-9-26-20-38(26,35(46)42-51(47,48)37(2)12-13-37)21-32(44)31-19-29(22-43(31)34(25)45)49-36-41-30-11-10-27(39)18-33(30)50-36/h7,9-11,14-15,17-18,25-26,29,31H,3-6,8,12-13,16,19-22H2,1-2H3,(H,42,46)/b9-7-/t25-,26+,29-,31+,38-/m1/s1. The number of carbonyl (C=O) groups is 3. The van der Waals surface area contributed by atoms with Gasteiger partial charge in [-0.05, 0) is 106 Å². The molecule has 0 bridgehead atoms. The Kier molecular flexibility index (Phi) is 9.81. The molecule has 2 aliphatic heterocycles. The highest BCUT2D eigenvalue weighted by molar-refractivity contribution is 7.91. The molecule has 1 aromatic heterocycles. The fourth-order valence-corrected chi connectivity index (χ4v) is 10.2. The van der Waals surface area contributed by atoms with Gasteiger partial charge >= 0.3 is 0 Å². The summed E-state index contributed by atoms with van der Waals surface area (Å²) in [6.45, 7) is 3.58. The largest absolute Gasteiger partial charge is 0.465 e. The first kappa shape index (κ1) is 36.0. The Balaban J connectivity index is 1.19. The van der Waals surface area contributed by atoms with Crippen molar-refractivity contribution in [2.45, 2.75) is 101 Å². The van der Waals surface area contributed by atoms with Crippen molar-refractivity contribution in [3.05, 3.63) is 70.5 Å². The number of nitrogens with one attached hydrogen (secondary N) is 1. The Bertz CT molecular complexity index is 1990. The number of benzene rings is 2. The molecule has 4 aliphatic rings. The van der Waals surface area contributed by atoms with E-state index in [1.807, 2.05) is 25.1 Å². The molecular weight excluding hydrogens is 713 g/mol. The van der Waals surface area contributed by atoms with Gasteiger partial charge < -0.3 is 9.64 Å². The maximum absolute atomic E-state index is 14.6. The summed E-state index contributed by atoms with van der Waals surface area (Å²) in [6, 6.07) is 9.28. The van der Waals surface area contributed by atoms with Gasteiger partial charge in [-0.2, -0.15) is 0 Å². The first-order valence-corrected chi connectivity index (χ1v) is 20.5. The molecule has 0 unspecified atom stereocenters. The number of allylic oxidation sites excluding steroid dienone is 2. The van der Waals surface area contributed by atoms with Gasteiger partial charge in [0.05, 0.1) is 33.0 Å². The number of amides is 2. The molecule has 13 heteroatoms. The first-order chi connectivity index (χ1) is 24.2. The molecule has 272 valence electrons. The number of fused-ring (bicyclic) bond motifs is 3. The molecule has 7 rings (SSSR count). The second kappa shape index (κ2) is 13.9. The molecule has 2 aliphatic carbocycles. The van der Waals surface area contributed by atoms with E-state index >= 15 is 0 Å². The van der Waals surface area contributed by atoms with E-state index < -0.39 is 44.2 Å². The Morgan fingerprint density at radius 2 is 1.96 bits per heavy atom. The zero-order chi connectivity index (χ0) is 36.1. The Morgan fingerprint density at radius 1 is 1.16 bits per heavy atom. The zero-order valence-corrected chi connectivity index (χ0v) is 31.2. The van der Waals surface area contributed by atoms with Gasteiger partial charge in [0.25, 0.3) is 5.19 Å². The number of Topliss-reactive ketones (excluding diaryl/α,β-unsaturated/α-hetero) is 1. The van der Waals surface area contributed by atoms with Crippen LogP contribution in [0.4, 0.5) is 4.39 Å². The quantitative estimate of drug-likeness (QED) is 0.256. The third-order valence-corrected chi connectivity index (χ3v) is 14.5. The number of carbonyl (C=O) groups excluding carboxylic acids is 3. The van der Waals surface area contributed by atoms with Crippen molar-refractivity contribution in [2.75, 3.05) is 6.54 Å². The smallest absolute Gasteiger partial charge is 0.274 e. The molecule has 3 heterocycles. The lowest BCUT2D eigenvalue weighted by atomic mass is 9.89. The van der Waals surface area contributed by atoms with Crippen LogP contribution in [0.3, 0.4) is 0 Å². The number of ketones is 1. The number of sulfonamides is 1. The molecule has 0 spiro atoms. The molecule has 2 amide bonds. The lowest BCUT2D eigenvalue weighted by molar-refractivity contribution is -0.142. The number of aromatic nitrogens is 1. The van der Waals surface area contributed by atoms with Crippen LogP contribution in [0.15, 0.2) is 48.6 Å². The van der Waals surface area contributed by atoms with Gasteiger partial charge in [-0.3, -0.25) is 19.1 Å². The molecule has 1 N–H and O–H groups in total. The predicted molar refractivity (Wildman–Crippen MR) is 195 cm³/mol. The molecule has 51 heavy (non-hydrogen) atoms. The maximum Gasteiger partial charge on any atom is 0.274 e. The SMILES string of the molecule is Cc1cc(F)cc(C[C@H]2CCCCC/C=C\[C@H]3C[C@@]3(C(=O)NS(=O)(=O)C3(C)CC3)CC(=O)[C@@H]3C[C@@H](Oc4nc5ccc(Cl)cc5s4)CN3C2=O)c1. The fraction of sp³-hybridized carbons (Fsp3) is 0.526. The number of aryl methyl sites for hydroxylation is 1. The van der Waals surface area contributed by atoms with Gasteiger partial charge in [0.1, 0.15) is 11.9 Å². The third kappa shape index (κ3) is 7.60. The Morgan fingerprint density at radius 3 is 2.73 bits per heavy atom. The third-order valence-electron chi connectivity index (χ3n) is 11.1. The summed E-state index contributed by atoms with van der Waals surface area (Å²) in [5.74, 6) is -2.31. The van der Waals surface area contributed by atoms with E-state index in [2.05, 4.69) is 9.71 Å². The highest BCUT2D eigenvalue weighted by Gasteiger charge is 2.62. The average molecular weight is 756 g/mol. The van der Waals surface area contributed by atoms with Gasteiger partial charge in [0.15, 0.2) is 5.78 Å². The van der Waals surface area contributed by atoms with Crippen LogP contribution in [0.1, 0.15) is 82.3 Å². The van der Waals surface area contributed by atoms with Gasteiger partial charge in [0, 0.05) is 23.8 Å². The molecular formula is C38H43ClFN3O6S2.